The maximum Gasteiger partial charge on any atom is 0.339 e. The number of aryl methyl sites for hydroxylation is 2. The van der Waals surface area contributed by atoms with E-state index in [0.717, 1.165) is 0 Å². The summed E-state index contributed by atoms with van der Waals surface area (Å²) in [6.07, 6.45) is 1.43. The van der Waals surface area contributed by atoms with Crippen LogP contribution in [0.4, 0.5) is 0 Å². The van der Waals surface area contributed by atoms with E-state index >= 15 is 0 Å². The van der Waals surface area contributed by atoms with E-state index in [1.54, 1.807) is 13.8 Å². The van der Waals surface area contributed by atoms with Crippen LogP contribution in [0.5, 0.6) is 0 Å². The first-order chi connectivity index (χ1) is 8.90. The van der Waals surface area contributed by atoms with Gasteiger partial charge in [-0.15, -0.1) is 0 Å². The highest BCUT2D eigenvalue weighted by atomic mass is 127. The summed E-state index contributed by atoms with van der Waals surface area (Å²) in [5.41, 5.74) is 0.612. The molecular weight excluding hydrogens is 363 g/mol. The van der Waals surface area contributed by atoms with Gasteiger partial charge in [-0.25, -0.2) is 9.78 Å². The summed E-state index contributed by atoms with van der Waals surface area (Å²) in [6, 6.07) is 1.43. The normalized spacial score (nSPS) is 10.7. The third kappa shape index (κ3) is 2.70. The second kappa shape index (κ2) is 5.16. The Morgan fingerprint density at radius 2 is 2.21 bits per heavy atom. The van der Waals surface area contributed by atoms with Crippen LogP contribution in [0.15, 0.2) is 21.6 Å². The van der Waals surface area contributed by atoms with Gasteiger partial charge < -0.3 is 9.52 Å². The fourth-order valence-corrected chi connectivity index (χ4v) is 2.11. The van der Waals surface area contributed by atoms with Crippen LogP contribution in [-0.4, -0.2) is 20.6 Å². The van der Waals surface area contributed by atoms with Gasteiger partial charge in [0.2, 0.25) is 0 Å². The molecule has 2 rings (SSSR count). The maximum atomic E-state index is 12.0. The first-order valence-electron chi connectivity index (χ1n) is 5.44. The molecular formula is C12H11IN2O4. The van der Waals surface area contributed by atoms with Crippen LogP contribution >= 0.6 is 22.6 Å². The Morgan fingerprint density at radius 3 is 2.79 bits per heavy atom. The Balaban J connectivity index is 2.37. The molecule has 0 saturated heterocycles. The zero-order chi connectivity index (χ0) is 14.2. The summed E-state index contributed by atoms with van der Waals surface area (Å²) in [5, 5.41) is 8.94. The quantitative estimate of drug-likeness (QED) is 0.829. The number of halogens is 1. The van der Waals surface area contributed by atoms with E-state index < -0.39 is 5.97 Å². The van der Waals surface area contributed by atoms with Crippen LogP contribution in [0.2, 0.25) is 0 Å². The number of hydrogen-bond donors (Lipinski definition) is 1. The number of carbonyl (C=O) groups is 1. The van der Waals surface area contributed by atoms with Crippen molar-refractivity contribution in [3.63, 3.8) is 0 Å². The van der Waals surface area contributed by atoms with Crippen LogP contribution in [0.1, 0.15) is 27.6 Å². The molecule has 0 unspecified atom stereocenters. The molecule has 100 valence electrons. The third-order valence-electron chi connectivity index (χ3n) is 2.68. The molecule has 7 heteroatoms. The summed E-state index contributed by atoms with van der Waals surface area (Å²) in [7, 11) is 0. The van der Waals surface area contributed by atoms with Crippen molar-refractivity contribution >= 4 is 28.6 Å². The molecule has 19 heavy (non-hydrogen) atoms. The molecule has 0 aliphatic rings. The minimum absolute atomic E-state index is 0.109. The molecule has 0 aliphatic carbocycles. The number of rotatable bonds is 3. The number of aromatic carboxylic acids is 1. The number of furan rings is 1. The van der Waals surface area contributed by atoms with Crippen molar-refractivity contribution in [3.8, 4) is 0 Å². The number of aromatic nitrogens is 2. The van der Waals surface area contributed by atoms with Gasteiger partial charge in [-0.3, -0.25) is 9.36 Å². The minimum atomic E-state index is -1.04. The van der Waals surface area contributed by atoms with Gasteiger partial charge in [0.15, 0.2) is 0 Å². The van der Waals surface area contributed by atoms with Crippen molar-refractivity contribution in [2.45, 2.75) is 20.4 Å². The lowest BCUT2D eigenvalue weighted by atomic mass is 10.2. The molecule has 0 fully saturated rings. The standard InChI is InChI=1S/C12H11IN2O4/c1-6-10(13)11(16)15(5-14-6)4-8-3-9(12(17)18)7(2)19-8/h3,5H,4H2,1-2H3,(H,17,18). The third-order valence-corrected chi connectivity index (χ3v) is 3.92. The van der Waals surface area contributed by atoms with Crippen molar-refractivity contribution in [1.82, 2.24) is 9.55 Å². The van der Waals surface area contributed by atoms with Gasteiger partial charge in [0.05, 0.1) is 22.1 Å². The van der Waals surface area contributed by atoms with E-state index in [1.165, 1.54) is 17.0 Å². The molecule has 1 N–H and O–H groups in total. The lowest BCUT2D eigenvalue weighted by Crippen LogP contribution is -2.24. The molecule has 0 bridgehead atoms. The molecule has 0 aliphatic heterocycles. The van der Waals surface area contributed by atoms with E-state index in [2.05, 4.69) is 4.98 Å². The Hall–Kier alpha value is -1.64. The average molecular weight is 374 g/mol. The highest BCUT2D eigenvalue weighted by Gasteiger charge is 2.15. The molecule has 2 aromatic heterocycles. The van der Waals surface area contributed by atoms with Crippen molar-refractivity contribution < 1.29 is 14.3 Å². The van der Waals surface area contributed by atoms with Crippen LogP contribution in [0.3, 0.4) is 0 Å². The van der Waals surface area contributed by atoms with E-state index in [1.807, 2.05) is 22.6 Å². The minimum Gasteiger partial charge on any atom is -0.478 e. The monoisotopic (exact) mass is 374 g/mol. The van der Waals surface area contributed by atoms with Crippen LogP contribution in [0.25, 0.3) is 0 Å². The lowest BCUT2D eigenvalue weighted by Gasteiger charge is -2.04. The number of hydrogen-bond acceptors (Lipinski definition) is 4. The van der Waals surface area contributed by atoms with Gasteiger partial charge in [0.25, 0.3) is 5.56 Å². The van der Waals surface area contributed by atoms with Gasteiger partial charge >= 0.3 is 5.97 Å². The molecule has 0 saturated carbocycles. The number of carboxylic acids is 1. The van der Waals surface area contributed by atoms with Crippen molar-refractivity contribution in [2.75, 3.05) is 0 Å². The fourth-order valence-electron chi connectivity index (χ4n) is 1.66. The molecule has 0 spiro atoms. The van der Waals surface area contributed by atoms with Gasteiger partial charge in [-0.1, -0.05) is 0 Å². The van der Waals surface area contributed by atoms with Crippen LogP contribution in [-0.2, 0) is 6.54 Å². The highest BCUT2D eigenvalue weighted by Crippen LogP contribution is 2.15. The first kappa shape index (κ1) is 13.8. The molecule has 0 aromatic carbocycles. The smallest absolute Gasteiger partial charge is 0.339 e. The first-order valence-corrected chi connectivity index (χ1v) is 6.52. The van der Waals surface area contributed by atoms with Crippen molar-refractivity contribution in [3.05, 3.63) is 49.1 Å². The predicted molar refractivity (Wildman–Crippen MR) is 75.5 cm³/mol. The zero-order valence-corrected chi connectivity index (χ0v) is 12.5. The Kier molecular flexibility index (Phi) is 3.74. The molecule has 0 radical (unpaired) electrons. The van der Waals surface area contributed by atoms with Crippen molar-refractivity contribution in [1.29, 1.82) is 0 Å². The summed E-state index contributed by atoms with van der Waals surface area (Å²) in [4.78, 5) is 27.0. The second-order valence-electron chi connectivity index (χ2n) is 4.06. The molecule has 0 atom stereocenters. The van der Waals surface area contributed by atoms with E-state index in [4.69, 9.17) is 9.52 Å². The summed E-state index contributed by atoms with van der Waals surface area (Å²) < 4.78 is 7.27. The number of carboxylic acid groups (broad SMARTS) is 1. The van der Waals surface area contributed by atoms with E-state index in [0.29, 0.717) is 20.8 Å². The molecule has 0 amide bonds. The number of nitrogens with zero attached hydrogens (tertiary/aromatic N) is 2. The highest BCUT2D eigenvalue weighted by molar-refractivity contribution is 14.1. The summed E-state index contributed by atoms with van der Waals surface area (Å²) in [5.74, 6) is -0.305. The SMILES string of the molecule is Cc1ncn(Cc2cc(C(=O)O)c(C)o2)c(=O)c1I. The van der Waals surface area contributed by atoms with Gasteiger partial charge in [0, 0.05) is 0 Å². The Bertz CT molecular complexity index is 702. The summed E-state index contributed by atoms with van der Waals surface area (Å²) >= 11 is 1.94. The van der Waals surface area contributed by atoms with Crippen LogP contribution < -0.4 is 5.56 Å². The average Bonchev–Trinajstić information content (AvgIpc) is 2.71. The molecule has 2 heterocycles. The fraction of sp³-hybridized carbons (Fsp3) is 0.250. The van der Waals surface area contributed by atoms with Gasteiger partial charge in [-0.05, 0) is 42.5 Å². The maximum absolute atomic E-state index is 12.0. The lowest BCUT2D eigenvalue weighted by molar-refractivity contribution is 0.0695. The topological polar surface area (TPSA) is 85.3 Å². The Labute approximate surface area is 122 Å². The largest absolute Gasteiger partial charge is 0.478 e. The van der Waals surface area contributed by atoms with Gasteiger partial charge in [-0.2, -0.15) is 0 Å². The molecule has 2 aromatic rings. The van der Waals surface area contributed by atoms with Crippen LogP contribution in [0, 0.1) is 17.4 Å². The second-order valence-corrected chi connectivity index (χ2v) is 5.14. The van der Waals surface area contributed by atoms with E-state index in [-0.39, 0.29) is 17.7 Å². The zero-order valence-electron chi connectivity index (χ0n) is 10.3. The van der Waals surface area contributed by atoms with E-state index in [9.17, 15) is 9.59 Å². The molecule has 6 nitrogen and oxygen atoms in total. The Morgan fingerprint density at radius 1 is 1.53 bits per heavy atom. The van der Waals surface area contributed by atoms with Gasteiger partial charge in [0.1, 0.15) is 17.1 Å². The summed E-state index contributed by atoms with van der Waals surface area (Å²) in [6.45, 7) is 3.50. The van der Waals surface area contributed by atoms with Crippen molar-refractivity contribution in [2.24, 2.45) is 0 Å². The predicted octanol–water partition coefficient (Wildman–Crippen LogP) is 1.80.